The lowest BCUT2D eigenvalue weighted by molar-refractivity contribution is 1.05. The monoisotopic (exact) mass is 218 g/mol. The minimum Gasteiger partial charge on any atom is -0.289 e. The van der Waals surface area contributed by atoms with Crippen molar-refractivity contribution in [2.45, 2.75) is 0 Å². The van der Waals surface area contributed by atoms with E-state index in [0.29, 0.717) is 5.82 Å². The van der Waals surface area contributed by atoms with E-state index in [2.05, 4.69) is 20.2 Å². The minimum absolute atomic E-state index is 0.308. The Hall–Kier alpha value is -1.95. The van der Waals surface area contributed by atoms with Gasteiger partial charge in [0.15, 0.2) is 5.82 Å². The SMILES string of the molecule is O=c1[nH]nc(-c2cccc3scnc23)[nH]1. The summed E-state index contributed by atoms with van der Waals surface area (Å²) in [5, 5.41) is 6.23. The van der Waals surface area contributed by atoms with Crippen molar-refractivity contribution in [1.29, 1.82) is 0 Å². The third kappa shape index (κ3) is 1.26. The van der Waals surface area contributed by atoms with Gasteiger partial charge in [0.25, 0.3) is 0 Å². The van der Waals surface area contributed by atoms with Crippen LogP contribution in [0.25, 0.3) is 21.6 Å². The molecule has 0 radical (unpaired) electrons. The second kappa shape index (κ2) is 3.03. The van der Waals surface area contributed by atoms with Crippen molar-refractivity contribution >= 4 is 21.6 Å². The highest BCUT2D eigenvalue weighted by molar-refractivity contribution is 7.16. The fraction of sp³-hybridized carbons (Fsp3) is 0. The van der Waals surface area contributed by atoms with Gasteiger partial charge in [-0.3, -0.25) is 4.98 Å². The molecule has 0 aliphatic carbocycles. The second-order valence-electron chi connectivity index (χ2n) is 3.03. The molecule has 0 saturated heterocycles. The normalized spacial score (nSPS) is 10.9. The van der Waals surface area contributed by atoms with Crippen molar-refractivity contribution in [1.82, 2.24) is 20.2 Å². The zero-order valence-electron chi connectivity index (χ0n) is 7.52. The van der Waals surface area contributed by atoms with Gasteiger partial charge in [0.1, 0.15) is 0 Å². The highest BCUT2D eigenvalue weighted by Gasteiger charge is 2.08. The number of H-pyrrole nitrogens is 2. The molecule has 0 spiro atoms. The molecule has 1 aromatic carbocycles. The Morgan fingerprint density at radius 2 is 2.27 bits per heavy atom. The number of benzene rings is 1. The Morgan fingerprint density at radius 1 is 1.33 bits per heavy atom. The molecular formula is C9H6N4OS. The molecule has 0 saturated carbocycles. The van der Waals surface area contributed by atoms with Crippen molar-refractivity contribution in [3.63, 3.8) is 0 Å². The quantitative estimate of drug-likeness (QED) is 0.647. The van der Waals surface area contributed by atoms with E-state index in [1.165, 1.54) is 0 Å². The molecule has 3 aromatic rings. The number of nitrogens with zero attached hydrogens (tertiary/aromatic N) is 2. The summed E-state index contributed by atoms with van der Waals surface area (Å²) in [5.74, 6) is 0.525. The fourth-order valence-electron chi connectivity index (χ4n) is 1.48. The lowest BCUT2D eigenvalue weighted by atomic mass is 10.2. The predicted molar refractivity (Wildman–Crippen MR) is 57.8 cm³/mol. The van der Waals surface area contributed by atoms with E-state index < -0.39 is 0 Å². The van der Waals surface area contributed by atoms with Crippen LogP contribution in [0.5, 0.6) is 0 Å². The van der Waals surface area contributed by atoms with Crippen molar-refractivity contribution in [3.8, 4) is 11.4 Å². The molecule has 0 atom stereocenters. The van der Waals surface area contributed by atoms with Crippen LogP contribution in [0.1, 0.15) is 0 Å². The smallest absolute Gasteiger partial charge is 0.289 e. The molecule has 0 aliphatic rings. The summed E-state index contributed by atoms with van der Waals surface area (Å²) >= 11 is 1.56. The molecule has 0 fully saturated rings. The topological polar surface area (TPSA) is 74.4 Å². The standard InChI is InChI=1S/C9H6N4OS/c14-9-11-8(12-13-9)5-2-1-3-6-7(5)10-4-15-6/h1-4H,(H2,11,12,13,14). The van der Waals surface area contributed by atoms with Gasteiger partial charge in [-0.25, -0.2) is 14.9 Å². The minimum atomic E-state index is -0.308. The molecule has 0 amide bonds. The van der Waals surface area contributed by atoms with Crippen molar-refractivity contribution in [3.05, 3.63) is 34.2 Å². The Labute approximate surface area is 87.8 Å². The summed E-state index contributed by atoms with van der Waals surface area (Å²) in [6.07, 6.45) is 0. The first-order chi connectivity index (χ1) is 7.34. The first kappa shape index (κ1) is 8.37. The summed E-state index contributed by atoms with van der Waals surface area (Å²) in [6, 6.07) is 5.79. The van der Waals surface area contributed by atoms with E-state index in [0.717, 1.165) is 15.8 Å². The summed E-state index contributed by atoms with van der Waals surface area (Å²) < 4.78 is 1.08. The molecule has 5 nitrogen and oxygen atoms in total. The first-order valence-electron chi connectivity index (χ1n) is 4.32. The van der Waals surface area contributed by atoms with Crippen LogP contribution in [0.4, 0.5) is 0 Å². The molecule has 2 heterocycles. The van der Waals surface area contributed by atoms with Crippen LogP contribution < -0.4 is 5.69 Å². The maximum absolute atomic E-state index is 10.9. The number of hydrogen-bond donors (Lipinski definition) is 2. The van der Waals surface area contributed by atoms with Gasteiger partial charge in [-0.15, -0.1) is 11.3 Å². The molecule has 0 bridgehead atoms. The largest absolute Gasteiger partial charge is 0.340 e. The number of aromatic amines is 2. The zero-order valence-corrected chi connectivity index (χ0v) is 8.34. The summed E-state index contributed by atoms with van der Waals surface area (Å²) in [6.45, 7) is 0. The number of fused-ring (bicyclic) bond motifs is 1. The molecule has 74 valence electrons. The van der Waals surface area contributed by atoms with Crippen LogP contribution in [0.2, 0.25) is 0 Å². The van der Waals surface area contributed by atoms with E-state index in [1.807, 2.05) is 18.2 Å². The molecule has 0 unspecified atom stereocenters. The van der Waals surface area contributed by atoms with Gasteiger partial charge in [0.05, 0.1) is 15.7 Å². The maximum Gasteiger partial charge on any atom is 0.340 e. The van der Waals surface area contributed by atoms with Crippen molar-refractivity contribution in [2.24, 2.45) is 0 Å². The lowest BCUT2D eigenvalue weighted by Gasteiger charge is -1.95. The molecule has 2 aromatic heterocycles. The Balaban J connectivity index is 2.35. The number of thiazole rings is 1. The van der Waals surface area contributed by atoms with Crippen LogP contribution in [0, 0.1) is 0 Å². The van der Waals surface area contributed by atoms with E-state index in [9.17, 15) is 4.79 Å². The summed E-state index contributed by atoms with van der Waals surface area (Å²) in [5.41, 5.74) is 3.17. The van der Waals surface area contributed by atoms with Crippen LogP contribution in [0.15, 0.2) is 28.5 Å². The van der Waals surface area contributed by atoms with E-state index >= 15 is 0 Å². The number of nitrogens with one attached hydrogen (secondary N) is 2. The molecule has 6 heteroatoms. The third-order valence-corrected chi connectivity index (χ3v) is 2.91. The second-order valence-corrected chi connectivity index (χ2v) is 3.92. The van der Waals surface area contributed by atoms with Gasteiger partial charge in [-0.2, -0.15) is 5.10 Å². The predicted octanol–water partition coefficient (Wildman–Crippen LogP) is 1.37. The van der Waals surface area contributed by atoms with Gasteiger partial charge in [-0.05, 0) is 12.1 Å². The van der Waals surface area contributed by atoms with E-state index in [1.54, 1.807) is 16.8 Å². The first-order valence-corrected chi connectivity index (χ1v) is 5.20. The lowest BCUT2D eigenvalue weighted by Crippen LogP contribution is -2.00. The van der Waals surface area contributed by atoms with Crippen molar-refractivity contribution < 1.29 is 0 Å². The highest BCUT2D eigenvalue weighted by Crippen LogP contribution is 2.26. The average molecular weight is 218 g/mol. The maximum atomic E-state index is 10.9. The Kier molecular flexibility index (Phi) is 1.69. The number of para-hydroxylation sites is 1. The number of rotatable bonds is 1. The average Bonchev–Trinajstić information content (AvgIpc) is 2.84. The Bertz CT molecular complexity index is 666. The van der Waals surface area contributed by atoms with Crippen LogP contribution >= 0.6 is 11.3 Å². The number of hydrogen-bond acceptors (Lipinski definition) is 4. The van der Waals surface area contributed by atoms with Crippen LogP contribution in [0.3, 0.4) is 0 Å². The van der Waals surface area contributed by atoms with Gasteiger partial charge in [0, 0.05) is 5.56 Å². The Morgan fingerprint density at radius 3 is 3.07 bits per heavy atom. The van der Waals surface area contributed by atoms with Crippen LogP contribution in [-0.2, 0) is 0 Å². The van der Waals surface area contributed by atoms with E-state index in [4.69, 9.17) is 0 Å². The van der Waals surface area contributed by atoms with Gasteiger partial charge < -0.3 is 0 Å². The number of aromatic nitrogens is 4. The summed E-state index contributed by atoms with van der Waals surface area (Å²) in [7, 11) is 0. The molecule has 0 aliphatic heterocycles. The van der Waals surface area contributed by atoms with Gasteiger partial charge >= 0.3 is 5.69 Å². The molecular weight excluding hydrogens is 212 g/mol. The molecule has 3 rings (SSSR count). The fourth-order valence-corrected chi connectivity index (χ4v) is 2.18. The van der Waals surface area contributed by atoms with Gasteiger partial charge in [0.2, 0.25) is 0 Å². The third-order valence-electron chi connectivity index (χ3n) is 2.12. The zero-order chi connectivity index (χ0) is 10.3. The van der Waals surface area contributed by atoms with Crippen LogP contribution in [-0.4, -0.2) is 20.2 Å². The highest BCUT2D eigenvalue weighted by atomic mass is 32.1. The molecule has 15 heavy (non-hydrogen) atoms. The summed E-state index contributed by atoms with van der Waals surface area (Å²) in [4.78, 5) is 17.8. The van der Waals surface area contributed by atoms with Gasteiger partial charge in [-0.1, -0.05) is 6.07 Å². The molecule has 2 N–H and O–H groups in total. The van der Waals surface area contributed by atoms with Crippen molar-refractivity contribution in [2.75, 3.05) is 0 Å². The van der Waals surface area contributed by atoms with E-state index in [-0.39, 0.29) is 5.69 Å².